The summed E-state index contributed by atoms with van der Waals surface area (Å²) in [6.45, 7) is 8.15. The summed E-state index contributed by atoms with van der Waals surface area (Å²) in [6.07, 6.45) is 0. The van der Waals surface area contributed by atoms with E-state index in [1.54, 1.807) is 49.4 Å². The van der Waals surface area contributed by atoms with Crippen molar-refractivity contribution >= 4 is 40.7 Å². The number of imide groups is 1. The Morgan fingerprint density at radius 3 is 2.16 bits per heavy atom. The van der Waals surface area contributed by atoms with Crippen molar-refractivity contribution in [3.05, 3.63) is 93.5 Å². The average Bonchev–Trinajstić information content (AvgIpc) is 2.97. The summed E-state index contributed by atoms with van der Waals surface area (Å²) in [6, 6.07) is 17.3. The first-order valence-corrected chi connectivity index (χ1v) is 10.6. The molecular weight excluding hydrogens is 424 g/mol. The smallest absolute Gasteiger partial charge is 0.266 e. The van der Waals surface area contributed by atoms with Crippen LogP contribution in [-0.2, 0) is 5.41 Å². The second kappa shape index (κ2) is 7.92. The molecule has 0 saturated heterocycles. The van der Waals surface area contributed by atoms with Gasteiger partial charge in [-0.3, -0.25) is 14.4 Å². The Morgan fingerprint density at radius 2 is 1.53 bits per heavy atom. The minimum Gasteiger partial charge on any atom is -0.322 e. The molecule has 0 spiro atoms. The van der Waals surface area contributed by atoms with Crippen LogP contribution < -0.4 is 10.2 Å². The number of hydrogen-bond donors (Lipinski definition) is 1. The quantitative estimate of drug-likeness (QED) is 0.502. The molecule has 0 bridgehead atoms. The van der Waals surface area contributed by atoms with Gasteiger partial charge in [0.1, 0.15) is 0 Å². The van der Waals surface area contributed by atoms with Gasteiger partial charge in [-0.05, 0) is 72.0 Å². The summed E-state index contributed by atoms with van der Waals surface area (Å²) >= 11 is 5.99. The van der Waals surface area contributed by atoms with Crippen LogP contribution in [0.25, 0.3) is 0 Å². The Balaban J connectivity index is 1.55. The molecule has 162 valence electrons. The summed E-state index contributed by atoms with van der Waals surface area (Å²) in [5.74, 6) is -1.03. The lowest BCUT2D eigenvalue weighted by Gasteiger charge is -2.19. The van der Waals surface area contributed by atoms with E-state index in [1.165, 1.54) is 6.07 Å². The van der Waals surface area contributed by atoms with Crippen molar-refractivity contribution in [3.8, 4) is 0 Å². The van der Waals surface area contributed by atoms with Gasteiger partial charge in [0.25, 0.3) is 17.7 Å². The number of fused-ring (bicyclic) bond motifs is 1. The molecule has 4 rings (SSSR count). The molecule has 0 atom stereocenters. The Kier molecular flexibility index (Phi) is 5.39. The van der Waals surface area contributed by atoms with Gasteiger partial charge in [-0.15, -0.1) is 0 Å². The number of amides is 3. The van der Waals surface area contributed by atoms with Crippen LogP contribution in [-0.4, -0.2) is 17.7 Å². The highest BCUT2D eigenvalue weighted by Crippen LogP contribution is 2.33. The van der Waals surface area contributed by atoms with Crippen molar-refractivity contribution in [2.45, 2.75) is 33.1 Å². The molecule has 0 saturated carbocycles. The molecule has 0 aromatic heterocycles. The second-order valence-electron chi connectivity index (χ2n) is 8.92. The molecule has 3 aromatic rings. The van der Waals surface area contributed by atoms with Crippen LogP contribution in [0.5, 0.6) is 0 Å². The maximum Gasteiger partial charge on any atom is 0.266 e. The van der Waals surface area contributed by atoms with Crippen molar-refractivity contribution in [3.63, 3.8) is 0 Å². The van der Waals surface area contributed by atoms with Gasteiger partial charge in [0.05, 0.1) is 16.8 Å². The van der Waals surface area contributed by atoms with Gasteiger partial charge in [0, 0.05) is 16.3 Å². The molecule has 6 heteroatoms. The first-order valence-electron chi connectivity index (χ1n) is 10.3. The number of hydrogen-bond acceptors (Lipinski definition) is 3. The lowest BCUT2D eigenvalue weighted by molar-refractivity contribution is 0.0924. The molecule has 0 radical (unpaired) electrons. The van der Waals surface area contributed by atoms with E-state index < -0.39 is 5.91 Å². The van der Waals surface area contributed by atoms with E-state index in [0.717, 1.165) is 10.5 Å². The van der Waals surface area contributed by atoms with Gasteiger partial charge in [-0.2, -0.15) is 0 Å². The molecular formula is C26H23ClN2O3. The molecule has 5 nitrogen and oxygen atoms in total. The Morgan fingerprint density at radius 1 is 0.875 bits per heavy atom. The zero-order valence-electron chi connectivity index (χ0n) is 18.3. The molecule has 1 aliphatic heterocycles. The van der Waals surface area contributed by atoms with Crippen LogP contribution >= 0.6 is 11.6 Å². The summed E-state index contributed by atoms with van der Waals surface area (Å²) < 4.78 is 0. The van der Waals surface area contributed by atoms with Crippen LogP contribution in [0.4, 0.5) is 11.4 Å². The molecule has 0 fully saturated rings. The van der Waals surface area contributed by atoms with Gasteiger partial charge in [0.15, 0.2) is 0 Å². The molecule has 3 amide bonds. The number of nitrogens with one attached hydrogen (secondary N) is 1. The van der Waals surface area contributed by atoms with Gasteiger partial charge in [0.2, 0.25) is 0 Å². The lowest BCUT2D eigenvalue weighted by atomic mass is 9.87. The van der Waals surface area contributed by atoms with Gasteiger partial charge in [-0.25, -0.2) is 4.90 Å². The minimum atomic E-state index is -0.411. The second-order valence-corrected chi connectivity index (χ2v) is 9.35. The van der Waals surface area contributed by atoms with E-state index in [4.69, 9.17) is 11.6 Å². The third-order valence-corrected chi connectivity index (χ3v) is 5.79. The minimum absolute atomic E-state index is 0.0113. The summed E-state index contributed by atoms with van der Waals surface area (Å²) in [4.78, 5) is 39.5. The first kappa shape index (κ1) is 21.8. The van der Waals surface area contributed by atoms with Crippen LogP contribution in [0.15, 0.2) is 60.7 Å². The molecule has 0 aliphatic carbocycles. The number of carbonyl (C=O) groups is 3. The van der Waals surface area contributed by atoms with Crippen molar-refractivity contribution < 1.29 is 14.4 Å². The maximum atomic E-state index is 12.8. The van der Waals surface area contributed by atoms with E-state index >= 15 is 0 Å². The van der Waals surface area contributed by atoms with Crippen molar-refractivity contribution in [2.75, 3.05) is 10.2 Å². The zero-order chi connectivity index (χ0) is 23.2. The first-order chi connectivity index (χ1) is 15.1. The van der Waals surface area contributed by atoms with Crippen molar-refractivity contribution in [1.29, 1.82) is 0 Å². The third-order valence-electron chi connectivity index (χ3n) is 5.56. The summed E-state index contributed by atoms with van der Waals surface area (Å²) in [5, 5.41) is 3.28. The number of carbonyl (C=O) groups excluding carboxylic acids is 3. The molecule has 0 unspecified atom stereocenters. The monoisotopic (exact) mass is 446 g/mol. The van der Waals surface area contributed by atoms with E-state index in [1.807, 2.05) is 12.1 Å². The average molecular weight is 447 g/mol. The van der Waals surface area contributed by atoms with Gasteiger partial charge >= 0.3 is 0 Å². The standard InChI is InChI=1S/C26H23ClN2O3/c1-15-13-19(28-23(30)16-5-7-17(8-6-16)26(2,3)4)10-12-22(15)29-24(31)20-11-9-18(27)14-21(20)25(29)32/h5-14H,1-4H3,(H,28,30). The highest BCUT2D eigenvalue weighted by Gasteiger charge is 2.37. The van der Waals surface area contributed by atoms with Gasteiger partial charge < -0.3 is 5.32 Å². The Hall–Kier alpha value is -3.44. The number of aryl methyl sites for hydroxylation is 1. The van der Waals surface area contributed by atoms with E-state index in [0.29, 0.717) is 33.1 Å². The number of halogens is 1. The molecule has 1 aliphatic rings. The fourth-order valence-electron chi connectivity index (χ4n) is 3.74. The predicted molar refractivity (Wildman–Crippen MR) is 127 cm³/mol. The van der Waals surface area contributed by atoms with E-state index in [9.17, 15) is 14.4 Å². The number of benzene rings is 3. The van der Waals surface area contributed by atoms with Crippen molar-refractivity contribution in [1.82, 2.24) is 0 Å². The fourth-order valence-corrected chi connectivity index (χ4v) is 3.91. The van der Waals surface area contributed by atoms with E-state index in [2.05, 4.69) is 26.1 Å². The van der Waals surface area contributed by atoms with Gasteiger partial charge in [-0.1, -0.05) is 44.5 Å². The highest BCUT2D eigenvalue weighted by molar-refractivity contribution is 6.37. The summed E-state index contributed by atoms with van der Waals surface area (Å²) in [5.41, 5.74) is 4.07. The van der Waals surface area contributed by atoms with Crippen LogP contribution in [0.2, 0.25) is 5.02 Å². The normalized spacial score (nSPS) is 13.3. The molecule has 1 heterocycles. The van der Waals surface area contributed by atoms with Crippen LogP contribution in [0.1, 0.15) is 63.0 Å². The van der Waals surface area contributed by atoms with E-state index in [-0.39, 0.29) is 22.8 Å². The fraction of sp³-hybridized carbons (Fsp3) is 0.192. The van der Waals surface area contributed by atoms with Crippen molar-refractivity contribution in [2.24, 2.45) is 0 Å². The topological polar surface area (TPSA) is 66.5 Å². The predicted octanol–water partition coefficient (Wildman–Crippen LogP) is 6.00. The number of anilines is 2. The highest BCUT2D eigenvalue weighted by atomic mass is 35.5. The van der Waals surface area contributed by atoms with Crippen LogP contribution in [0, 0.1) is 6.92 Å². The number of nitrogens with zero attached hydrogens (tertiary/aromatic N) is 1. The Bertz CT molecular complexity index is 1260. The largest absolute Gasteiger partial charge is 0.322 e. The summed E-state index contributed by atoms with van der Waals surface area (Å²) in [7, 11) is 0. The Labute approximate surface area is 192 Å². The zero-order valence-corrected chi connectivity index (χ0v) is 19.1. The SMILES string of the molecule is Cc1cc(NC(=O)c2ccc(C(C)(C)C)cc2)ccc1N1C(=O)c2ccc(Cl)cc2C1=O. The maximum absolute atomic E-state index is 12.8. The molecule has 32 heavy (non-hydrogen) atoms. The van der Waals surface area contributed by atoms with Crippen LogP contribution in [0.3, 0.4) is 0 Å². The number of rotatable bonds is 3. The lowest BCUT2D eigenvalue weighted by Crippen LogP contribution is -2.30. The molecule has 3 aromatic carbocycles. The molecule has 1 N–H and O–H groups in total. The third kappa shape index (κ3) is 3.92.